The van der Waals surface area contributed by atoms with Crippen LogP contribution in [0.25, 0.3) is 0 Å². The van der Waals surface area contributed by atoms with Crippen molar-refractivity contribution in [3.8, 4) is 0 Å². The lowest BCUT2D eigenvalue weighted by atomic mass is 9.95. The van der Waals surface area contributed by atoms with Gasteiger partial charge in [0.2, 0.25) is 0 Å². The summed E-state index contributed by atoms with van der Waals surface area (Å²) >= 11 is 0. The van der Waals surface area contributed by atoms with Gasteiger partial charge in [-0.05, 0) is 61.3 Å². The number of hydrogen-bond donors (Lipinski definition) is 1. The Bertz CT molecular complexity index is 969. The van der Waals surface area contributed by atoms with E-state index in [4.69, 9.17) is 0 Å². The molecule has 0 radical (unpaired) electrons. The van der Waals surface area contributed by atoms with Crippen LogP contribution in [0.1, 0.15) is 39.5 Å². The number of benzene rings is 2. The van der Waals surface area contributed by atoms with Crippen LogP contribution >= 0.6 is 0 Å². The first-order valence-electron chi connectivity index (χ1n) is 11.4. The molecule has 0 spiro atoms. The molecule has 5 nitrogen and oxygen atoms in total. The van der Waals surface area contributed by atoms with Crippen molar-refractivity contribution < 1.29 is 18.0 Å². The van der Waals surface area contributed by atoms with Crippen molar-refractivity contribution in [2.45, 2.75) is 25.1 Å². The number of likely N-dealkylation sites (N-methyl/N-ethyl adjacent to an activating group) is 1. The lowest BCUT2D eigenvalue weighted by Crippen LogP contribution is -2.48. The fourth-order valence-electron chi connectivity index (χ4n) is 4.71. The van der Waals surface area contributed by atoms with Gasteiger partial charge in [-0.25, -0.2) is 0 Å². The standard InChI is InChI=1S/C25H31F3N4O/c1-30-12-14-32(15-13-30)23(20-7-10-22-19(16-20)4-3-11-31(22)2)17-29-24(33)18-5-8-21(9-6-18)25(26,27)28/h5-10,16,23H,3-4,11-15,17H2,1-2H3,(H,29,33). The number of carbonyl (C=O) groups is 1. The molecule has 0 bridgehead atoms. The third-order valence-corrected chi connectivity index (χ3v) is 6.75. The number of fused-ring (bicyclic) bond motifs is 1. The summed E-state index contributed by atoms with van der Waals surface area (Å²) in [4.78, 5) is 19.7. The number of piperazine rings is 1. The molecule has 1 unspecified atom stereocenters. The number of aryl methyl sites for hydroxylation is 1. The van der Waals surface area contributed by atoms with Crippen LogP contribution in [-0.4, -0.2) is 69.1 Å². The van der Waals surface area contributed by atoms with Crippen molar-refractivity contribution in [2.24, 2.45) is 0 Å². The van der Waals surface area contributed by atoms with Crippen molar-refractivity contribution in [3.05, 3.63) is 64.7 Å². The number of anilines is 1. The highest BCUT2D eigenvalue weighted by molar-refractivity contribution is 5.94. The molecule has 2 aromatic rings. The first-order chi connectivity index (χ1) is 15.7. The van der Waals surface area contributed by atoms with Crippen LogP contribution in [0.5, 0.6) is 0 Å². The average Bonchev–Trinajstić information content (AvgIpc) is 2.80. The second-order valence-electron chi connectivity index (χ2n) is 9.05. The Hall–Kier alpha value is -2.58. The molecule has 0 saturated carbocycles. The van der Waals surface area contributed by atoms with E-state index in [2.05, 4.69) is 52.3 Å². The van der Waals surface area contributed by atoms with Gasteiger partial charge < -0.3 is 15.1 Å². The smallest absolute Gasteiger partial charge is 0.374 e. The molecule has 178 valence electrons. The van der Waals surface area contributed by atoms with E-state index >= 15 is 0 Å². The van der Waals surface area contributed by atoms with Crippen molar-refractivity contribution in [1.29, 1.82) is 0 Å². The van der Waals surface area contributed by atoms with E-state index in [0.29, 0.717) is 6.54 Å². The van der Waals surface area contributed by atoms with Crippen molar-refractivity contribution in [1.82, 2.24) is 15.1 Å². The summed E-state index contributed by atoms with van der Waals surface area (Å²) in [5.41, 5.74) is 3.23. The van der Waals surface area contributed by atoms with Gasteiger partial charge >= 0.3 is 6.18 Å². The van der Waals surface area contributed by atoms with Crippen LogP contribution in [-0.2, 0) is 12.6 Å². The number of hydrogen-bond acceptors (Lipinski definition) is 4. The summed E-state index contributed by atoms with van der Waals surface area (Å²) in [6.45, 7) is 5.16. The molecule has 1 atom stereocenters. The maximum Gasteiger partial charge on any atom is 0.416 e. The third kappa shape index (κ3) is 5.50. The highest BCUT2D eigenvalue weighted by Crippen LogP contribution is 2.31. The molecule has 1 N–H and O–H groups in total. The van der Waals surface area contributed by atoms with Crippen molar-refractivity contribution >= 4 is 11.6 Å². The predicted octanol–water partition coefficient (Wildman–Crippen LogP) is 3.81. The van der Waals surface area contributed by atoms with E-state index in [1.807, 2.05) is 0 Å². The molecule has 4 rings (SSSR count). The largest absolute Gasteiger partial charge is 0.416 e. The number of halogens is 3. The van der Waals surface area contributed by atoms with Gasteiger partial charge in [-0.3, -0.25) is 9.69 Å². The van der Waals surface area contributed by atoms with E-state index in [-0.39, 0.29) is 17.5 Å². The lowest BCUT2D eigenvalue weighted by molar-refractivity contribution is -0.137. The molecule has 2 heterocycles. The van der Waals surface area contributed by atoms with Crippen molar-refractivity contribution in [3.63, 3.8) is 0 Å². The fraction of sp³-hybridized carbons (Fsp3) is 0.480. The molecule has 0 aromatic heterocycles. The van der Waals surface area contributed by atoms with E-state index in [1.54, 1.807) is 0 Å². The fourth-order valence-corrected chi connectivity index (χ4v) is 4.71. The molecular formula is C25H31F3N4O. The van der Waals surface area contributed by atoms with Gasteiger partial charge in [0.15, 0.2) is 0 Å². The Kier molecular flexibility index (Phi) is 6.95. The molecule has 33 heavy (non-hydrogen) atoms. The number of nitrogens with one attached hydrogen (secondary N) is 1. The van der Waals surface area contributed by atoms with E-state index < -0.39 is 11.7 Å². The second-order valence-corrected chi connectivity index (χ2v) is 9.05. The molecule has 1 fully saturated rings. The summed E-state index contributed by atoms with van der Waals surface area (Å²) in [5.74, 6) is -0.361. The minimum absolute atomic E-state index is 0.00892. The minimum atomic E-state index is -4.41. The van der Waals surface area contributed by atoms with E-state index in [9.17, 15) is 18.0 Å². The minimum Gasteiger partial charge on any atom is -0.374 e. The predicted molar refractivity (Wildman–Crippen MR) is 124 cm³/mol. The summed E-state index contributed by atoms with van der Waals surface area (Å²) in [5, 5.41) is 2.97. The molecule has 2 aliphatic heterocycles. The molecule has 8 heteroatoms. The van der Waals surface area contributed by atoms with Gasteiger partial charge in [-0.2, -0.15) is 13.2 Å². The van der Waals surface area contributed by atoms with Gasteiger partial charge in [0, 0.05) is 57.6 Å². The van der Waals surface area contributed by atoms with Crippen LogP contribution < -0.4 is 10.2 Å². The number of rotatable bonds is 5. The Morgan fingerprint density at radius 2 is 1.70 bits per heavy atom. The Balaban J connectivity index is 1.51. The molecular weight excluding hydrogens is 429 g/mol. The third-order valence-electron chi connectivity index (χ3n) is 6.75. The Morgan fingerprint density at radius 1 is 1.00 bits per heavy atom. The summed E-state index contributed by atoms with van der Waals surface area (Å²) < 4.78 is 38.5. The number of amides is 1. The first-order valence-corrected chi connectivity index (χ1v) is 11.4. The topological polar surface area (TPSA) is 38.8 Å². The van der Waals surface area contributed by atoms with Gasteiger partial charge in [0.05, 0.1) is 11.6 Å². The summed E-state index contributed by atoms with van der Waals surface area (Å²) in [7, 11) is 4.22. The second kappa shape index (κ2) is 9.73. The Morgan fingerprint density at radius 3 is 2.36 bits per heavy atom. The summed E-state index contributed by atoms with van der Waals surface area (Å²) in [6, 6.07) is 11.0. The zero-order valence-corrected chi connectivity index (χ0v) is 19.2. The molecule has 1 saturated heterocycles. The zero-order chi connectivity index (χ0) is 23.6. The SMILES string of the molecule is CN1CCN(C(CNC(=O)c2ccc(C(F)(F)F)cc2)c2ccc3c(c2)CCCN3C)CC1. The highest BCUT2D eigenvalue weighted by Gasteiger charge is 2.30. The molecule has 1 amide bonds. The summed E-state index contributed by atoms with van der Waals surface area (Å²) in [6.07, 6.45) is -2.25. The monoisotopic (exact) mass is 460 g/mol. The zero-order valence-electron chi connectivity index (χ0n) is 19.2. The van der Waals surface area contributed by atoms with Crippen LogP contribution in [0.2, 0.25) is 0 Å². The number of nitrogens with zero attached hydrogens (tertiary/aromatic N) is 3. The van der Waals surface area contributed by atoms with Crippen molar-refractivity contribution in [2.75, 3.05) is 58.3 Å². The highest BCUT2D eigenvalue weighted by atomic mass is 19.4. The lowest BCUT2D eigenvalue weighted by Gasteiger charge is -2.39. The quantitative estimate of drug-likeness (QED) is 0.737. The van der Waals surface area contributed by atoms with Crippen LogP contribution in [0.3, 0.4) is 0 Å². The van der Waals surface area contributed by atoms with E-state index in [1.165, 1.54) is 28.9 Å². The first kappa shape index (κ1) is 23.6. The average molecular weight is 461 g/mol. The maximum atomic E-state index is 12.8. The van der Waals surface area contributed by atoms with Crippen LogP contribution in [0, 0.1) is 0 Å². The van der Waals surface area contributed by atoms with Crippen LogP contribution in [0.15, 0.2) is 42.5 Å². The molecule has 2 aromatic carbocycles. The Labute approximate surface area is 193 Å². The molecule has 2 aliphatic rings. The van der Waals surface area contributed by atoms with E-state index in [0.717, 1.165) is 57.7 Å². The van der Waals surface area contributed by atoms with Gasteiger partial charge in [0.25, 0.3) is 5.91 Å². The number of carbonyl (C=O) groups excluding carboxylic acids is 1. The number of alkyl halides is 3. The van der Waals surface area contributed by atoms with Crippen LogP contribution in [0.4, 0.5) is 18.9 Å². The maximum absolute atomic E-state index is 12.8. The molecule has 0 aliphatic carbocycles. The van der Waals surface area contributed by atoms with Gasteiger partial charge in [-0.15, -0.1) is 0 Å². The normalized spacial score (nSPS) is 18.6. The van der Waals surface area contributed by atoms with Gasteiger partial charge in [0.1, 0.15) is 0 Å². The van der Waals surface area contributed by atoms with Gasteiger partial charge in [-0.1, -0.05) is 12.1 Å².